The molecule has 354 valence electrons. The summed E-state index contributed by atoms with van der Waals surface area (Å²) >= 11 is 3.36. The first-order chi connectivity index (χ1) is 28.4. The number of aromatic nitrogens is 1. The third-order valence-corrected chi connectivity index (χ3v) is 15.0. The monoisotopic (exact) mass is 965 g/mol. The molecule has 1 N–H and O–H groups in total. The molecule has 0 spiro atoms. The molecule has 4 fully saturated rings. The predicted octanol–water partition coefficient (Wildman–Crippen LogP) is 4.43. The summed E-state index contributed by atoms with van der Waals surface area (Å²) in [5.41, 5.74) is -5.13. The van der Waals surface area contributed by atoms with Crippen molar-refractivity contribution in [3.05, 3.63) is 59.9 Å². The van der Waals surface area contributed by atoms with Gasteiger partial charge in [-0.05, 0) is 70.4 Å². The fraction of sp³-hybridized carbons (Fsp3) is 0.615. The molecule has 0 radical (unpaired) electrons. The van der Waals surface area contributed by atoms with Crippen LogP contribution in [0.25, 0.3) is 0 Å². The molecule has 2 aromatic rings. The van der Waals surface area contributed by atoms with Gasteiger partial charge in [0.15, 0.2) is 31.6 Å². The lowest BCUT2D eigenvalue weighted by atomic mass is 9.66. The van der Waals surface area contributed by atoms with Gasteiger partial charge in [-0.25, -0.2) is 40.2 Å². The van der Waals surface area contributed by atoms with Crippen molar-refractivity contribution in [3.8, 4) is 0 Å². The normalized spacial score (nSPS) is 27.4. The Morgan fingerprint density at radius 2 is 1.02 bits per heavy atom. The van der Waals surface area contributed by atoms with Crippen LogP contribution in [0.15, 0.2) is 53.4 Å². The summed E-state index contributed by atoms with van der Waals surface area (Å²) in [6.07, 6.45) is -6.36. The van der Waals surface area contributed by atoms with Crippen LogP contribution in [0.4, 0.5) is 26.3 Å². The van der Waals surface area contributed by atoms with E-state index in [9.17, 15) is 71.5 Å². The molecular formula is C39H49F6NO14S3. The maximum Gasteiger partial charge on any atom is 0.368 e. The maximum absolute atomic E-state index is 13.4. The number of ether oxygens (including phenoxy) is 4. The first-order valence-corrected chi connectivity index (χ1v) is 22.2. The summed E-state index contributed by atoms with van der Waals surface area (Å²) in [6.45, 7) is 10.2. The molecule has 63 heavy (non-hydrogen) atoms. The van der Waals surface area contributed by atoms with Gasteiger partial charge >= 0.3 is 34.4 Å². The molecule has 0 amide bonds. The zero-order chi connectivity index (χ0) is 48.6. The average molecular weight is 966 g/mol. The quantitative estimate of drug-likeness (QED) is 0.105. The molecule has 3 heterocycles. The SMILES string of the molecule is CC12CCC(C(=O)OCC(F)C(F)(F)S(=O)(=O)[O-])(OC1=O)C2(C)C.CC12CCC(C(=O)OCC(F)C(F)(F)S(=O)(=O)[O-])(OC1=O)C2(C)C.Cc1cccc(C)[nH+]1.[SH2+]c1ccccc1. The number of aromatic amines is 1. The van der Waals surface area contributed by atoms with Crippen molar-refractivity contribution in [3.63, 3.8) is 0 Å². The van der Waals surface area contributed by atoms with Gasteiger partial charge in [0.05, 0.1) is 10.8 Å². The van der Waals surface area contributed by atoms with Gasteiger partial charge < -0.3 is 28.1 Å². The van der Waals surface area contributed by atoms with E-state index in [4.69, 9.17) is 9.47 Å². The summed E-state index contributed by atoms with van der Waals surface area (Å²) in [6, 6.07) is 16.1. The molecule has 1 aromatic heterocycles. The van der Waals surface area contributed by atoms with Gasteiger partial charge in [0.2, 0.25) is 23.5 Å². The molecule has 4 aliphatic rings. The summed E-state index contributed by atoms with van der Waals surface area (Å²) in [5, 5.41) is -10.5. The molecule has 15 nitrogen and oxygen atoms in total. The van der Waals surface area contributed by atoms with Crippen molar-refractivity contribution in [1.29, 1.82) is 0 Å². The highest BCUT2D eigenvalue weighted by Crippen LogP contribution is 2.67. The lowest BCUT2D eigenvalue weighted by Gasteiger charge is -2.34. The van der Waals surface area contributed by atoms with Gasteiger partial charge in [-0.3, -0.25) is 9.59 Å². The van der Waals surface area contributed by atoms with Crippen LogP contribution >= 0.6 is 0 Å². The van der Waals surface area contributed by atoms with E-state index >= 15 is 0 Å². The number of hydrogen-bond acceptors (Lipinski definition) is 14. The van der Waals surface area contributed by atoms with Crippen molar-refractivity contribution >= 4 is 56.7 Å². The Bertz CT molecular complexity index is 2150. The Hall–Kier alpha value is -4.00. The molecular weight excluding hydrogens is 917 g/mol. The van der Waals surface area contributed by atoms with Crippen molar-refractivity contribution in [1.82, 2.24) is 0 Å². The minimum atomic E-state index is -6.26. The number of esters is 4. The second-order valence-corrected chi connectivity index (χ2v) is 20.4. The molecule has 2 aliphatic carbocycles. The number of halogens is 6. The Morgan fingerprint density at radius 1 is 0.683 bits per heavy atom. The Balaban J connectivity index is 0.000000252. The molecule has 24 heteroatoms. The van der Waals surface area contributed by atoms with Crippen molar-refractivity contribution in [2.75, 3.05) is 13.2 Å². The summed E-state index contributed by atoms with van der Waals surface area (Å²) in [5.74, 6) is -3.80. The fourth-order valence-electron chi connectivity index (χ4n) is 7.61. The van der Waals surface area contributed by atoms with Crippen LogP contribution in [0.5, 0.6) is 0 Å². The van der Waals surface area contributed by atoms with E-state index in [1.54, 1.807) is 41.5 Å². The molecule has 2 aliphatic heterocycles. The van der Waals surface area contributed by atoms with E-state index in [0.717, 1.165) is 4.90 Å². The van der Waals surface area contributed by atoms with E-state index < -0.39 is 113 Å². The Labute approximate surface area is 365 Å². The maximum atomic E-state index is 13.4. The number of aryl methyl sites for hydroxylation is 2. The van der Waals surface area contributed by atoms with E-state index in [0.29, 0.717) is 0 Å². The number of alkyl halides is 6. The topological polar surface area (TPSA) is 234 Å². The van der Waals surface area contributed by atoms with Crippen LogP contribution in [0.1, 0.15) is 78.6 Å². The molecule has 6 rings (SSSR count). The van der Waals surface area contributed by atoms with Crippen molar-refractivity contribution in [2.24, 2.45) is 21.7 Å². The lowest BCUT2D eigenvalue weighted by Crippen LogP contribution is -2.50. The number of hydrogen-bond donors (Lipinski definition) is 0. The number of carbonyl (C=O) groups is 4. The van der Waals surface area contributed by atoms with E-state index in [1.165, 1.54) is 11.4 Å². The van der Waals surface area contributed by atoms with Crippen LogP contribution in [0.3, 0.4) is 0 Å². The minimum absolute atomic E-state index is 0.0638. The molecule has 6 atom stereocenters. The molecule has 1 aromatic carbocycles. The first-order valence-electron chi connectivity index (χ1n) is 18.9. The Kier molecular flexibility index (Phi) is 15.3. The summed E-state index contributed by atoms with van der Waals surface area (Å²) < 4.78 is 160. The summed E-state index contributed by atoms with van der Waals surface area (Å²) in [7, 11) is -12.5. The molecule has 6 unspecified atom stereocenters. The Morgan fingerprint density at radius 3 is 1.22 bits per heavy atom. The van der Waals surface area contributed by atoms with Crippen molar-refractivity contribution in [2.45, 2.75) is 120 Å². The van der Waals surface area contributed by atoms with Crippen LogP contribution in [-0.2, 0) is 71.0 Å². The molecule has 2 saturated carbocycles. The van der Waals surface area contributed by atoms with Crippen LogP contribution in [0.2, 0.25) is 0 Å². The first kappa shape index (κ1) is 53.3. The largest absolute Gasteiger partial charge is 0.743 e. The van der Waals surface area contributed by atoms with Gasteiger partial charge in [-0.1, -0.05) is 45.9 Å². The van der Waals surface area contributed by atoms with Gasteiger partial charge in [0, 0.05) is 36.8 Å². The smallest absolute Gasteiger partial charge is 0.368 e. The second-order valence-electron chi connectivity index (χ2n) is 16.9. The lowest BCUT2D eigenvalue weighted by molar-refractivity contribution is -0.396. The number of rotatable bonds is 10. The third-order valence-electron chi connectivity index (χ3n) is 12.8. The second kappa shape index (κ2) is 18.1. The molecule has 2 saturated heterocycles. The predicted molar refractivity (Wildman–Crippen MR) is 208 cm³/mol. The minimum Gasteiger partial charge on any atom is -0.743 e. The average Bonchev–Trinajstić information content (AvgIpc) is 3.63. The van der Waals surface area contributed by atoms with Crippen molar-refractivity contribution < 1.29 is 95.4 Å². The van der Waals surface area contributed by atoms with Gasteiger partial charge in [-0.2, -0.15) is 17.6 Å². The van der Waals surface area contributed by atoms with Gasteiger partial charge in [-0.15, -0.1) is 0 Å². The van der Waals surface area contributed by atoms with Gasteiger partial charge in [0.1, 0.15) is 18.1 Å². The molecule has 4 bridgehead atoms. The number of fused-ring (bicyclic) bond motifs is 4. The van der Waals surface area contributed by atoms with Crippen LogP contribution in [-0.4, -0.2) is 97.1 Å². The highest BCUT2D eigenvalue weighted by Gasteiger charge is 2.77. The fourth-order valence-corrected chi connectivity index (χ4v) is 8.57. The number of carbonyl (C=O) groups excluding carboxylic acids is 4. The summed E-state index contributed by atoms with van der Waals surface area (Å²) in [4.78, 5) is 52.8. The highest BCUT2D eigenvalue weighted by atomic mass is 32.2. The zero-order valence-electron chi connectivity index (χ0n) is 35.3. The number of nitrogens with one attached hydrogen (secondary N) is 1. The van der Waals surface area contributed by atoms with Crippen LogP contribution in [0, 0.1) is 35.5 Å². The third kappa shape index (κ3) is 9.55. The van der Waals surface area contributed by atoms with Gasteiger partial charge in [0.25, 0.3) is 0 Å². The van der Waals surface area contributed by atoms with E-state index in [-0.39, 0.29) is 25.7 Å². The van der Waals surface area contributed by atoms with E-state index in [2.05, 4.69) is 27.1 Å². The number of benzene rings is 1. The standard InChI is InChI=1S/2C13H17F3O7S.C7H9N.C6H6S/c2*1-10(2)11(3)4-5-12(10,23-8(11)17)9(18)22-6-7(14)13(15,16)24(19,20)21;1-6-4-3-5-7(2)8-6;7-6-4-2-1-3-5-6/h2*7H,4-6H2,1-3H3,(H,19,20,21);3-5H,1-2H3;1-5,7H. The highest BCUT2D eigenvalue weighted by molar-refractivity contribution is 7.87. The number of pyridine rings is 1. The zero-order valence-corrected chi connectivity index (χ0v) is 37.9. The van der Waals surface area contributed by atoms with E-state index in [1.807, 2.05) is 62.4 Å². The van der Waals surface area contributed by atoms with Crippen LogP contribution < -0.4 is 4.98 Å². The number of H-pyrrole nitrogens is 1.